The number of rotatable bonds is 4. The van der Waals surface area contributed by atoms with E-state index in [4.69, 9.17) is 0 Å². The highest BCUT2D eigenvalue weighted by Gasteiger charge is 2.31. The Labute approximate surface area is 151 Å². The van der Waals surface area contributed by atoms with Crippen molar-refractivity contribution in [2.45, 2.75) is 19.0 Å². The molecule has 5 nitrogen and oxygen atoms in total. The van der Waals surface area contributed by atoms with Crippen LogP contribution in [0.25, 0.3) is 10.8 Å². The molecule has 1 N–H and O–H groups in total. The van der Waals surface area contributed by atoms with E-state index in [1.807, 2.05) is 23.1 Å². The SMILES string of the molecule is O=C(N[C@H]1CC(=O)N(Cc2cccc3ccccc23)C1)c1cccnc1. The van der Waals surface area contributed by atoms with Crippen LogP contribution in [0, 0.1) is 0 Å². The largest absolute Gasteiger partial charge is 0.347 e. The lowest BCUT2D eigenvalue weighted by atomic mass is 10.0. The van der Waals surface area contributed by atoms with E-state index in [9.17, 15) is 9.59 Å². The number of amides is 2. The smallest absolute Gasteiger partial charge is 0.253 e. The summed E-state index contributed by atoms with van der Waals surface area (Å²) in [5.41, 5.74) is 1.63. The molecule has 0 saturated carbocycles. The standard InChI is InChI=1S/C21H19N3O2/c25-20-11-18(23-21(26)16-8-4-10-22-12-16)14-24(20)13-17-7-3-6-15-5-1-2-9-19(15)17/h1-10,12,18H,11,13-14H2,(H,23,26)/t18-/m0/s1. The minimum atomic E-state index is -0.192. The topological polar surface area (TPSA) is 62.3 Å². The molecule has 1 aromatic heterocycles. The summed E-state index contributed by atoms with van der Waals surface area (Å²) < 4.78 is 0. The maximum atomic E-state index is 12.4. The monoisotopic (exact) mass is 345 g/mol. The molecule has 0 radical (unpaired) electrons. The number of hydrogen-bond acceptors (Lipinski definition) is 3. The van der Waals surface area contributed by atoms with E-state index in [0.717, 1.165) is 16.3 Å². The number of carbonyl (C=O) groups excluding carboxylic acids is 2. The number of hydrogen-bond donors (Lipinski definition) is 1. The summed E-state index contributed by atoms with van der Waals surface area (Å²) in [5.74, 6) is -0.127. The highest BCUT2D eigenvalue weighted by molar-refractivity contribution is 5.94. The Kier molecular flexibility index (Phi) is 4.35. The van der Waals surface area contributed by atoms with Crippen LogP contribution in [0.3, 0.4) is 0 Å². The molecule has 1 fully saturated rings. The van der Waals surface area contributed by atoms with E-state index in [1.54, 1.807) is 18.3 Å². The van der Waals surface area contributed by atoms with E-state index in [1.165, 1.54) is 6.20 Å². The summed E-state index contributed by atoms with van der Waals surface area (Å²) in [7, 11) is 0. The first-order valence-corrected chi connectivity index (χ1v) is 8.66. The minimum absolute atomic E-state index is 0.0643. The first kappa shape index (κ1) is 16.3. The molecule has 26 heavy (non-hydrogen) atoms. The molecule has 5 heteroatoms. The van der Waals surface area contributed by atoms with Gasteiger partial charge in [0.1, 0.15) is 0 Å². The van der Waals surface area contributed by atoms with Gasteiger partial charge < -0.3 is 10.2 Å². The predicted molar refractivity (Wildman–Crippen MR) is 99.5 cm³/mol. The molecule has 2 aromatic carbocycles. The molecule has 0 aliphatic carbocycles. The van der Waals surface area contributed by atoms with Crippen molar-refractivity contribution in [1.82, 2.24) is 15.2 Å². The van der Waals surface area contributed by atoms with Crippen LogP contribution >= 0.6 is 0 Å². The molecule has 0 unspecified atom stereocenters. The van der Waals surface area contributed by atoms with Crippen LogP contribution in [0.4, 0.5) is 0 Å². The van der Waals surface area contributed by atoms with Gasteiger partial charge in [0.2, 0.25) is 5.91 Å². The summed E-state index contributed by atoms with van der Waals surface area (Å²) in [6, 6.07) is 17.6. The zero-order chi connectivity index (χ0) is 17.9. The van der Waals surface area contributed by atoms with Crippen LogP contribution in [-0.4, -0.2) is 34.3 Å². The molecule has 2 amide bonds. The average Bonchev–Trinajstić information content (AvgIpc) is 3.01. The molecular weight excluding hydrogens is 326 g/mol. The molecule has 1 aliphatic heterocycles. The zero-order valence-electron chi connectivity index (χ0n) is 14.3. The summed E-state index contributed by atoms with van der Waals surface area (Å²) in [6.07, 6.45) is 3.48. The first-order chi connectivity index (χ1) is 12.7. The van der Waals surface area contributed by atoms with Crippen molar-refractivity contribution in [1.29, 1.82) is 0 Å². The number of likely N-dealkylation sites (tertiary alicyclic amines) is 1. The van der Waals surface area contributed by atoms with E-state index in [-0.39, 0.29) is 17.9 Å². The highest BCUT2D eigenvalue weighted by Crippen LogP contribution is 2.22. The fourth-order valence-electron chi connectivity index (χ4n) is 3.42. The third kappa shape index (κ3) is 3.28. The van der Waals surface area contributed by atoms with Gasteiger partial charge in [-0.15, -0.1) is 0 Å². The fraction of sp³-hybridized carbons (Fsp3) is 0.190. The Morgan fingerprint density at radius 3 is 2.81 bits per heavy atom. The summed E-state index contributed by atoms with van der Waals surface area (Å²) in [6.45, 7) is 1.08. The lowest BCUT2D eigenvalue weighted by molar-refractivity contribution is -0.128. The van der Waals surface area contributed by atoms with Crippen molar-refractivity contribution in [2.75, 3.05) is 6.54 Å². The number of nitrogens with one attached hydrogen (secondary N) is 1. The molecule has 1 saturated heterocycles. The Bertz CT molecular complexity index is 950. The molecule has 1 aliphatic rings. The second-order valence-electron chi connectivity index (χ2n) is 6.53. The van der Waals surface area contributed by atoms with Crippen LogP contribution in [0.1, 0.15) is 22.3 Å². The van der Waals surface area contributed by atoms with Crippen LogP contribution < -0.4 is 5.32 Å². The fourth-order valence-corrected chi connectivity index (χ4v) is 3.42. The highest BCUT2D eigenvalue weighted by atomic mass is 16.2. The Hall–Kier alpha value is -3.21. The first-order valence-electron chi connectivity index (χ1n) is 8.66. The van der Waals surface area contributed by atoms with Gasteiger partial charge in [-0.1, -0.05) is 42.5 Å². The quantitative estimate of drug-likeness (QED) is 0.791. The number of fused-ring (bicyclic) bond motifs is 1. The molecule has 130 valence electrons. The normalized spacial score (nSPS) is 16.8. The maximum absolute atomic E-state index is 12.4. The zero-order valence-corrected chi connectivity index (χ0v) is 14.3. The minimum Gasteiger partial charge on any atom is -0.347 e. The van der Waals surface area contributed by atoms with Crippen molar-refractivity contribution in [3.8, 4) is 0 Å². The average molecular weight is 345 g/mol. The molecule has 0 spiro atoms. The molecule has 1 atom stereocenters. The Morgan fingerprint density at radius 2 is 1.96 bits per heavy atom. The molecule has 2 heterocycles. The number of carbonyl (C=O) groups is 2. The van der Waals surface area contributed by atoms with Gasteiger partial charge in [0.25, 0.3) is 5.91 Å². The summed E-state index contributed by atoms with van der Waals surface area (Å²) in [5, 5.41) is 5.26. The third-order valence-electron chi connectivity index (χ3n) is 4.71. The van der Waals surface area contributed by atoms with Gasteiger partial charge in [0.15, 0.2) is 0 Å². The van der Waals surface area contributed by atoms with Gasteiger partial charge in [0.05, 0.1) is 11.6 Å². The van der Waals surface area contributed by atoms with Crippen molar-refractivity contribution in [3.63, 3.8) is 0 Å². The van der Waals surface area contributed by atoms with E-state index >= 15 is 0 Å². The van der Waals surface area contributed by atoms with Gasteiger partial charge in [-0.25, -0.2) is 0 Å². The Balaban J connectivity index is 1.46. The van der Waals surface area contributed by atoms with Crippen molar-refractivity contribution in [3.05, 3.63) is 78.1 Å². The van der Waals surface area contributed by atoms with Gasteiger partial charge in [-0.2, -0.15) is 0 Å². The molecular formula is C21H19N3O2. The van der Waals surface area contributed by atoms with E-state index in [2.05, 4.69) is 34.6 Å². The van der Waals surface area contributed by atoms with Crippen molar-refractivity contribution >= 4 is 22.6 Å². The van der Waals surface area contributed by atoms with Gasteiger partial charge in [-0.3, -0.25) is 14.6 Å². The van der Waals surface area contributed by atoms with Gasteiger partial charge >= 0.3 is 0 Å². The number of pyridine rings is 1. The third-order valence-corrected chi connectivity index (χ3v) is 4.71. The Morgan fingerprint density at radius 1 is 1.12 bits per heavy atom. The van der Waals surface area contributed by atoms with Crippen LogP contribution in [0.5, 0.6) is 0 Å². The lowest BCUT2D eigenvalue weighted by Gasteiger charge is -2.18. The maximum Gasteiger partial charge on any atom is 0.253 e. The van der Waals surface area contributed by atoms with Crippen LogP contribution in [-0.2, 0) is 11.3 Å². The lowest BCUT2D eigenvalue weighted by Crippen LogP contribution is -2.37. The summed E-state index contributed by atoms with van der Waals surface area (Å²) in [4.78, 5) is 30.4. The summed E-state index contributed by atoms with van der Waals surface area (Å²) >= 11 is 0. The van der Waals surface area contributed by atoms with Crippen LogP contribution in [0.2, 0.25) is 0 Å². The van der Waals surface area contributed by atoms with E-state index in [0.29, 0.717) is 25.1 Å². The number of benzene rings is 2. The second-order valence-corrected chi connectivity index (χ2v) is 6.53. The van der Waals surface area contributed by atoms with Gasteiger partial charge in [0, 0.05) is 31.9 Å². The molecule has 3 aromatic rings. The molecule has 0 bridgehead atoms. The van der Waals surface area contributed by atoms with Crippen molar-refractivity contribution in [2.24, 2.45) is 0 Å². The molecule has 4 rings (SSSR count). The van der Waals surface area contributed by atoms with Crippen LogP contribution in [0.15, 0.2) is 67.0 Å². The van der Waals surface area contributed by atoms with E-state index < -0.39 is 0 Å². The number of nitrogens with zero attached hydrogens (tertiary/aromatic N) is 2. The second kappa shape index (κ2) is 6.96. The predicted octanol–water partition coefficient (Wildman–Crippen LogP) is 2.77. The van der Waals surface area contributed by atoms with Gasteiger partial charge in [-0.05, 0) is 28.5 Å². The number of aromatic nitrogens is 1. The van der Waals surface area contributed by atoms with Crippen molar-refractivity contribution < 1.29 is 9.59 Å².